The van der Waals surface area contributed by atoms with E-state index in [-0.39, 0.29) is 0 Å². The van der Waals surface area contributed by atoms with Crippen LogP contribution in [-0.2, 0) is 6.54 Å². The van der Waals surface area contributed by atoms with Crippen molar-refractivity contribution in [3.63, 3.8) is 0 Å². The van der Waals surface area contributed by atoms with E-state index in [9.17, 15) is 5.11 Å². The average molecular weight is 248 g/mol. The highest BCUT2D eigenvalue weighted by atomic mass is 16.3. The number of hydrogen-bond donors (Lipinski definition) is 2. The van der Waals surface area contributed by atoms with Gasteiger partial charge in [-0.15, -0.1) is 0 Å². The van der Waals surface area contributed by atoms with Gasteiger partial charge in [0, 0.05) is 19.1 Å². The molecular weight excluding hydrogens is 224 g/mol. The van der Waals surface area contributed by atoms with Crippen LogP contribution < -0.4 is 5.32 Å². The first-order chi connectivity index (χ1) is 8.47. The van der Waals surface area contributed by atoms with Gasteiger partial charge in [-0.2, -0.15) is 0 Å². The number of likely N-dealkylation sites (N-methyl/N-ethyl adjacent to an activating group) is 1. The second kappa shape index (κ2) is 5.39. The average Bonchev–Trinajstić information content (AvgIpc) is 2.48. The maximum absolute atomic E-state index is 9.98. The fourth-order valence-electron chi connectivity index (χ4n) is 2.82. The van der Waals surface area contributed by atoms with Crippen molar-refractivity contribution < 1.29 is 5.11 Å². The van der Waals surface area contributed by atoms with E-state index in [1.165, 1.54) is 11.1 Å². The fraction of sp³-hybridized carbons (Fsp3) is 0.600. The molecule has 1 aliphatic rings. The minimum absolute atomic E-state index is 0.391. The normalized spacial score (nSPS) is 20.6. The lowest BCUT2D eigenvalue weighted by Gasteiger charge is -2.33. The molecule has 0 aliphatic carbocycles. The van der Waals surface area contributed by atoms with Crippen molar-refractivity contribution in [1.82, 2.24) is 10.2 Å². The molecule has 0 radical (unpaired) electrons. The van der Waals surface area contributed by atoms with Gasteiger partial charge in [0.25, 0.3) is 0 Å². The third-order valence-corrected chi connectivity index (χ3v) is 3.49. The van der Waals surface area contributed by atoms with Crippen LogP contribution in [0.3, 0.4) is 0 Å². The smallest absolute Gasteiger partial charge is 0.0718 e. The van der Waals surface area contributed by atoms with Gasteiger partial charge in [-0.3, -0.25) is 4.90 Å². The van der Waals surface area contributed by atoms with Crippen LogP contribution in [0.5, 0.6) is 0 Å². The van der Waals surface area contributed by atoms with Crippen LogP contribution in [0.15, 0.2) is 24.3 Å². The highest BCUT2D eigenvalue weighted by Gasteiger charge is 2.25. The molecule has 1 aromatic rings. The summed E-state index contributed by atoms with van der Waals surface area (Å²) in [7, 11) is 2.10. The van der Waals surface area contributed by atoms with Gasteiger partial charge in [-0.05, 0) is 45.0 Å². The van der Waals surface area contributed by atoms with E-state index in [0.717, 1.165) is 19.5 Å². The molecule has 2 N–H and O–H groups in total. The minimum atomic E-state index is -0.649. The molecule has 18 heavy (non-hydrogen) atoms. The van der Waals surface area contributed by atoms with Gasteiger partial charge in [0.2, 0.25) is 0 Å². The van der Waals surface area contributed by atoms with E-state index in [0.29, 0.717) is 12.6 Å². The first-order valence-electron chi connectivity index (χ1n) is 6.68. The summed E-state index contributed by atoms with van der Waals surface area (Å²) < 4.78 is 0. The topological polar surface area (TPSA) is 35.5 Å². The largest absolute Gasteiger partial charge is 0.389 e. The Hall–Kier alpha value is -0.900. The van der Waals surface area contributed by atoms with Gasteiger partial charge in [0.1, 0.15) is 0 Å². The number of rotatable bonds is 3. The SMILES string of the molecule is CN(CC(C)(C)O)C1CCNCc2ccccc21. The van der Waals surface area contributed by atoms with Crippen molar-refractivity contribution in [3.8, 4) is 0 Å². The number of aliphatic hydroxyl groups is 1. The molecule has 0 spiro atoms. The first-order valence-corrected chi connectivity index (χ1v) is 6.68. The van der Waals surface area contributed by atoms with Crippen molar-refractivity contribution in [2.24, 2.45) is 0 Å². The minimum Gasteiger partial charge on any atom is -0.389 e. The summed E-state index contributed by atoms with van der Waals surface area (Å²) in [6.45, 7) is 6.39. The van der Waals surface area contributed by atoms with E-state index >= 15 is 0 Å². The molecular formula is C15H24N2O. The van der Waals surface area contributed by atoms with Crippen molar-refractivity contribution in [1.29, 1.82) is 0 Å². The van der Waals surface area contributed by atoms with E-state index in [1.54, 1.807) is 0 Å². The molecule has 1 aromatic carbocycles. The Morgan fingerprint density at radius 1 is 1.39 bits per heavy atom. The molecule has 3 nitrogen and oxygen atoms in total. The van der Waals surface area contributed by atoms with Gasteiger partial charge in [-0.25, -0.2) is 0 Å². The molecule has 0 aromatic heterocycles. The third kappa shape index (κ3) is 3.31. The molecule has 1 heterocycles. The van der Waals surface area contributed by atoms with Gasteiger partial charge in [0.05, 0.1) is 5.60 Å². The predicted octanol–water partition coefficient (Wildman–Crippen LogP) is 1.92. The van der Waals surface area contributed by atoms with Crippen molar-refractivity contribution in [2.75, 3.05) is 20.1 Å². The Balaban J connectivity index is 2.22. The van der Waals surface area contributed by atoms with Crippen LogP contribution >= 0.6 is 0 Å². The molecule has 0 saturated heterocycles. The van der Waals surface area contributed by atoms with Crippen molar-refractivity contribution >= 4 is 0 Å². The van der Waals surface area contributed by atoms with Crippen LogP contribution in [0.25, 0.3) is 0 Å². The lowest BCUT2D eigenvalue weighted by molar-refractivity contribution is 0.0299. The molecule has 100 valence electrons. The summed E-state index contributed by atoms with van der Waals surface area (Å²) >= 11 is 0. The Morgan fingerprint density at radius 3 is 2.83 bits per heavy atom. The molecule has 3 heteroatoms. The zero-order chi connectivity index (χ0) is 13.2. The molecule has 1 aliphatic heterocycles. The zero-order valence-electron chi connectivity index (χ0n) is 11.6. The monoisotopic (exact) mass is 248 g/mol. The Bertz CT molecular complexity index is 398. The first kappa shape index (κ1) is 13.5. The van der Waals surface area contributed by atoms with Gasteiger partial charge in [0.15, 0.2) is 0 Å². The van der Waals surface area contributed by atoms with Crippen LogP contribution in [0.4, 0.5) is 0 Å². The molecule has 0 fully saturated rings. The molecule has 2 rings (SSSR count). The van der Waals surface area contributed by atoms with Crippen molar-refractivity contribution in [2.45, 2.75) is 38.5 Å². The second-order valence-electron chi connectivity index (χ2n) is 5.91. The van der Waals surface area contributed by atoms with Crippen LogP contribution in [-0.4, -0.2) is 35.7 Å². The lowest BCUT2D eigenvalue weighted by atomic mass is 9.97. The quantitative estimate of drug-likeness (QED) is 0.858. The summed E-state index contributed by atoms with van der Waals surface area (Å²) in [5.74, 6) is 0. The maximum Gasteiger partial charge on any atom is 0.0718 e. The highest BCUT2D eigenvalue weighted by molar-refractivity contribution is 5.31. The highest BCUT2D eigenvalue weighted by Crippen LogP contribution is 2.29. The predicted molar refractivity (Wildman–Crippen MR) is 74.4 cm³/mol. The van der Waals surface area contributed by atoms with Crippen LogP contribution in [0.2, 0.25) is 0 Å². The third-order valence-electron chi connectivity index (χ3n) is 3.49. The van der Waals surface area contributed by atoms with E-state index in [4.69, 9.17) is 0 Å². The second-order valence-corrected chi connectivity index (χ2v) is 5.91. The maximum atomic E-state index is 9.98. The van der Waals surface area contributed by atoms with Gasteiger partial charge >= 0.3 is 0 Å². The molecule has 0 amide bonds. The fourth-order valence-corrected chi connectivity index (χ4v) is 2.82. The molecule has 1 unspecified atom stereocenters. The summed E-state index contributed by atoms with van der Waals surface area (Å²) in [4.78, 5) is 2.27. The Morgan fingerprint density at radius 2 is 2.11 bits per heavy atom. The summed E-state index contributed by atoms with van der Waals surface area (Å²) in [6.07, 6.45) is 1.09. The zero-order valence-corrected chi connectivity index (χ0v) is 11.6. The number of benzene rings is 1. The number of nitrogens with one attached hydrogen (secondary N) is 1. The van der Waals surface area contributed by atoms with Gasteiger partial charge in [-0.1, -0.05) is 24.3 Å². The van der Waals surface area contributed by atoms with Gasteiger partial charge < -0.3 is 10.4 Å². The summed E-state index contributed by atoms with van der Waals surface area (Å²) in [6, 6.07) is 9.00. The van der Waals surface area contributed by atoms with E-state index < -0.39 is 5.60 Å². The number of hydrogen-bond acceptors (Lipinski definition) is 3. The summed E-state index contributed by atoms with van der Waals surface area (Å²) in [5, 5.41) is 13.4. The lowest BCUT2D eigenvalue weighted by Crippen LogP contribution is -2.38. The van der Waals surface area contributed by atoms with Crippen LogP contribution in [0, 0.1) is 0 Å². The summed E-state index contributed by atoms with van der Waals surface area (Å²) in [5.41, 5.74) is 2.13. The molecule has 1 atom stereocenters. The van der Waals surface area contributed by atoms with E-state index in [1.807, 2.05) is 13.8 Å². The standard InChI is InChI=1S/C15H24N2O/c1-15(2,18)11-17(3)14-8-9-16-10-12-6-4-5-7-13(12)14/h4-7,14,16,18H,8-11H2,1-3H3. The van der Waals surface area contributed by atoms with Crippen molar-refractivity contribution in [3.05, 3.63) is 35.4 Å². The number of fused-ring (bicyclic) bond motifs is 1. The molecule has 0 saturated carbocycles. The van der Waals surface area contributed by atoms with Crippen LogP contribution in [0.1, 0.15) is 37.4 Å². The van der Waals surface area contributed by atoms with E-state index in [2.05, 4.69) is 41.5 Å². The Kier molecular flexibility index (Phi) is 4.05. The number of nitrogens with zero attached hydrogens (tertiary/aromatic N) is 1. The Labute approximate surface area is 110 Å². The molecule has 0 bridgehead atoms.